The fraction of sp³-hybridized carbons (Fsp3) is 0.310. The third-order valence-electron chi connectivity index (χ3n) is 7.47. The lowest BCUT2D eigenvalue weighted by Crippen LogP contribution is -2.41. The zero-order chi connectivity index (χ0) is 27.1. The van der Waals surface area contributed by atoms with E-state index in [9.17, 15) is 4.79 Å². The van der Waals surface area contributed by atoms with E-state index in [0.29, 0.717) is 11.0 Å². The van der Waals surface area contributed by atoms with Crippen molar-refractivity contribution in [2.75, 3.05) is 13.2 Å². The lowest BCUT2D eigenvalue weighted by Gasteiger charge is -2.32. The van der Waals surface area contributed by atoms with E-state index < -0.39 is 24.4 Å². The minimum absolute atomic E-state index is 0.0210. The summed E-state index contributed by atoms with van der Waals surface area (Å²) in [6.45, 7) is 8.27. The molecule has 38 heavy (non-hydrogen) atoms. The first-order valence-corrected chi connectivity index (χ1v) is 13.3. The summed E-state index contributed by atoms with van der Waals surface area (Å²) in [5.74, 6) is -0.0210. The molecule has 196 valence electrons. The first-order chi connectivity index (χ1) is 18.0. The number of hydrogen-bond acceptors (Lipinski definition) is 5. The Bertz CT molecular complexity index is 1330. The van der Waals surface area contributed by atoms with Gasteiger partial charge in [-0.2, -0.15) is 0 Å². The second-order valence-corrected chi connectivity index (χ2v) is 11.3. The van der Waals surface area contributed by atoms with Gasteiger partial charge in [0, 0.05) is 12.5 Å². The van der Waals surface area contributed by atoms with Crippen LogP contribution in [0.15, 0.2) is 66.1 Å². The van der Waals surface area contributed by atoms with Crippen LogP contribution in [0.4, 0.5) is 4.79 Å². The van der Waals surface area contributed by atoms with E-state index in [4.69, 9.17) is 37.2 Å². The summed E-state index contributed by atoms with van der Waals surface area (Å²) < 4.78 is 18.2. The van der Waals surface area contributed by atoms with Crippen molar-refractivity contribution >= 4 is 42.5 Å². The molecular weight excluding hydrogens is 522 g/mol. The molecule has 6 nitrogen and oxygen atoms in total. The highest BCUT2D eigenvalue weighted by Crippen LogP contribution is 2.44. The van der Waals surface area contributed by atoms with Crippen LogP contribution in [0.2, 0.25) is 10.3 Å². The third-order valence-corrected chi connectivity index (χ3v) is 7.86. The van der Waals surface area contributed by atoms with Crippen LogP contribution in [0.3, 0.4) is 0 Å². The maximum atomic E-state index is 12.9. The Morgan fingerprint density at radius 2 is 1.50 bits per heavy atom. The predicted octanol–water partition coefficient (Wildman–Crippen LogP) is 6.94. The van der Waals surface area contributed by atoms with Crippen molar-refractivity contribution in [2.24, 2.45) is 0 Å². The van der Waals surface area contributed by atoms with Crippen molar-refractivity contribution in [1.82, 2.24) is 10.3 Å². The van der Waals surface area contributed by atoms with Gasteiger partial charge >= 0.3 is 13.2 Å². The van der Waals surface area contributed by atoms with Crippen molar-refractivity contribution in [2.45, 2.75) is 44.8 Å². The van der Waals surface area contributed by atoms with E-state index in [0.717, 1.165) is 11.1 Å². The van der Waals surface area contributed by atoms with Crippen molar-refractivity contribution in [3.63, 3.8) is 0 Å². The van der Waals surface area contributed by atoms with Gasteiger partial charge in [-0.1, -0.05) is 77.8 Å². The first kappa shape index (κ1) is 26.8. The number of halogens is 2. The van der Waals surface area contributed by atoms with E-state index in [1.807, 2.05) is 58.0 Å². The fourth-order valence-electron chi connectivity index (χ4n) is 4.80. The summed E-state index contributed by atoms with van der Waals surface area (Å²) in [6.07, 6.45) is 1.31. The molecule has 1 aliphatic heterocycles. The number of pyridine rings is 1. The average Bonchev–Trinajstić information content (AvgIpc) is 3.29. The molecule has 3 aromatic rings. The van der Waals surface area contributed by atoms with Gasteiger partial charge in [0.05, 0.1) is 11.2 Å². The number of rotatable bonds is 6. The van der Waals surface area contributed by atoms with Crippen molar-refractivity contribution in [3.05, 3.63) is 93.1 Å². The normalized spacial score (nSPS) is 17.7. The van der Waals surface area contributed by atoms with E-state index in [-0.39, 0.29) is 29.4 Å². The zero-order valence-electron chi connectivity index (χ0n) is 21.8. The minimum atomic E-state index is -0.681. The average molecular weight is 551 g/mol. The lowest BCUT2D eigenvalue weighted by molar-refractivity contribution is 0.00578. The maximum absolute atomic E-state index is 12.9. The number of carbonyl (C=O) groups excluding carboxylic acids is 1. The highest BCUT2D eigenvalue weighted by molar-refractivity contribution is 6.56. The second-order valence-electron chi connectivity index (χ2n) is 10.5. The first-order valence-electron chi connectivity index (χ1n) is 12.5. The molecule has 9 heteroatoms. The Morgan fingerprint density at radius 1 is 0.974 bits per heavy atom. The number of carbonyl (C=O) groups is 1. The predicted molar refractivity (Wildman–Crippen MR) is 151 cm³/mol. The van der Waals surface area contributed by atoms with Crippen LogP contribution in [-0.2, 0) is 14.0 Å². The van der Waals surface area contributed by atoms with Crippen LogP contribution in [0.1, 0.15) is 50.3 Å². The van der Waals surface area contributed by atoms with Crippen molar-refractivity contribution < 1.29 is 18.8 Å². The van der Waals surface area contributed by atoms with E-state index in [1.165, 1.54) is 11.1 Å². The molecule has 1 aromatic heterocycles. The summed E-state index contributed by atoms with van der Waals surface area (Å²) in [6, 6.07) is 19.8. The van der Waals surface area contributed by atoms with E-state index in [2.05, 4.69) is 34.6 Å². The minimum Gasteiger partial charge on any atom is -0.449 e. The third kappa shape index (κ3) is 5.34. The van der Waals surface area contributed by atoms with Crippen LogP contribution in [0.25, 0.3) is 17.2 Å². The molecule has 1 amide bonds. The quantitative estimate of drug-likeness (QED) is 0.266. The molecule has 1 N–H and O–H groups in total. The van der Waals surface area contributed by atoms with Gasteiger partial charge in [-0.15, -0.1) is 0 Å². The highest BCUT2D eigenvalue weighted by Gasteiger charge is 2.52. The van der Waals surface area contributed by atoms with E-state index >= 15 is 0 Å². The number of hydrogen-bond donors (Lipinski definition) is 1. The zero-order valence-corrected chi connectivity index (χ0v) is 23.3. The summed E-state index contributed by atoms with van der Waals surface area (Å²) >= 11 is 12.2. The van der Waals surface area contributed by atoms with Gasteiger partial charge in [-0.3, -0.25) is 0 Å². The number of nitrogens with zero attached hydrogens (tertiary/aromatic N) is 1. The lowest BCUT2D eigenvalue weighted by atomic mass is 9.77. The molecule has 0 spiro atoms. The van der Waals surface area contributed by atoms with Crippen molar-refractivity contribution in [1.29, 1.82) is 0 Å². The molecule has 0 bridgehead atoms. The molecule has 5 rings (SSSR count). The molecule has 0 unspecified atom stereocenters. The molecule has 2 aromatic carbocycles. The molecule has 1 aliphatic carbocycles. The number of ether oxygens (including phenoxy) is 1. The van der Waals surface area contributed by atoms with Gasteiger partial charge in [0.25, 0.3) is 0 Å². The monoisotopic (exact) mass is 550 g/mol. The summed E-state index contributed by atoms with van der Waals surface area (Å²) in [5.41, 5.74) is 4.99. The molecule has 0 radical (unpaired) electrons. The summed E-state index contributed by atoms with van der Waals surface area (Å²) in [5, 5.41) is 3.40. The van der Waals surface area contributed by atoms with Crippen LogP contribution in [-0.4, -0.2) is 42.5 Å². The van der Waals surface area contributed by atoms with Gasteiger partial charge in [0.15, 0.2) is 0 Å². The summed E-state index contributed by atoms with van der Waals surface area (Å²) in [7, 11) is -0.681. The molecule has 2 aliphatic rings. The molecule has 1 fully saturated rings. The van der Waals surface area contributed by atoms with Crippen molar-refractivity contribution in [3.8, 4) is 11.1 Å². The molecular formula is C29H29BCl2N2O4. The van der Waals surface area contributed by atoms with Gasteiger partial charge < -0.3 is 19.4 Å². The largest absolute Gasteiger partial charge is 0.492 e. The fourth-order valence-corrected chi connectivity index (χ4v) is 5.28. The number of alkyl carbamates (subject to hydrolysis) is 1. The van der Waals surface area contributed by atoms with Gasteiger partial charge in [0.2, 0.25) is 0 Å². The molecule has 0 saturated carbocycles. The molecule has 1 saturated heterocycles. The highest BCUT2D eigenvalue weighted by atomic mass is 35.5. The Hall–Kier alpha value is -2.84. The number of fused-ring (bicyclic) bond motifs is 3. The topological polar surface area (TPSA) is 69.7 Å². The number of benzene rings is 2. The van der Waals surface area contributed by atoms with Crippen LogP contribution >= 0.6 is 23.2 Å². The Kier molecular flexibility index (Phi) is 7.31. The van der Waals surface area contributed by atoms with Gasteiger partial charge in [-0.05, 0) is 73.1 Å². The van der Waals surface area contributed by atoms with Crippen LogP contribution in [0.5, 0.6) is 0 Å². The smallest absolute Gasteiger partial charge is 0.449 e. The Morgan fingerprint density at radius 3 is 2.05 bits per heavy atom. The molecule has 2 heterocycles. The standard InChI is InChI=1S/C29H29BCl2N2O4/c1-28(2)29(3,4)38-30(37-28)19(13-18-14-25(31)34-26(32)15-18)16-33-27(35)36-17-24-22-11-7-5-9-20(22)21-10-6-8-12-23(21)24/h5-15,24H,16-17H2,1-4H3,(H,33,35). The van der Waals surface area contributed by atoms with Gasteiger partial charge in [-0.25, -0.2) is 9.78 Å². The van der Waals surface area contributed by atoms with Crippen LogP contribution in [0, 0.1) is 0 Å². The Balaban J connectivity index is 1.31. The van der Waals surface area contributed by atoms with Crippen LogP contribution < -0.4 is 5.32 Å². The number of amides is 1. The molecule has 0 atom stereocenters. The maximum Gasteiger partial charge on any atom is 0.492 e. The SMILES string of the molecule is CC1(C)OB(C(=Cc2cc(Cl)nc(Cl)c2)CNC(=O)OCC2c3ccccc3-c3ccccc32)OC1(C)C. The second kappa shape index (κ2) is 10.4. The van der Waals surface area contributed by atoms with E-state index in [1.54, 1.807) is 12.1 Å². The number of aromatic nitrogens is 1. The number of nitrogens with one attached hydrogen (secondary N) is 1. The Labute approximate surface area is 233 Å². The summed E-state index contributed by atoms with van der Waals surface area (Å²) in [4.78, 5) is 16.9. The van der Waals surface area contributed by atoms with Gasteiger partial charge in [0.1, 0.15) is 16.9 Å².